The highest BCUT2D eigenvalue weighted by Gasteiger charge is 2.15. The molecule has 0 spiro atoms. The Morgan fingerprint density at radius 3 is 2.34 bits per heavy atom. The van der Waals surface area contributed by atoms with E-state index in [4.69, 9.17) is 0 Å². The molecule has 2 amide bonds. The van der Waals surface area contributed by atoms with Gasteiger partial charge >= 0.3 is 0 Å². The smallest absolute Gasteiger partial charge is 0.269 e. The fourth-order valence-electron chi connectivity index (χ4n) is 2.82. The second-order valence-corrected chi connectivity index (χ2v) is 6.48. The average molecular weight is 389 g/mol. The molecule has 0 saturated carbocycles. The van der Waals surface area contributed by atoms with Crippen LogP contribution >= 0.6 is 0 Å². The van der Waals surface area contributed by atoms with Crippen molar-refractivity contribution >= 4 is 23.2 Å². The van der Waals surface area contributed by atoms with Gasteiger partial charge in [0, 0.05) is 24.2 Å². The highest BCUT2D eigenvalue weighted by Crippen LogP contribution is 2.18. The number of para-hydroxylation sites is 1. The second kappa shape index (κ2) is 8.79. The van der Waals surface area contributed by atoms with Crippen molar-refractivity contribution in [1.29, 1.82) is 0 Å². The van der Waals surface area contributed by atoms with Crippen molar-refractivity contribution in [3.05, 3.63) is 105 Å². The lowest BCUT2D eigenvalue weighted by atomic mass is 10.1. The lowest BCUT2D eigenvalue weighted by molar-refractivity contribution is -0.384. The molecule has 2 N–H and O–H groups in total. The van der Waals surface area contributed by atoms with Gasteiger partial charge in [-0.05, 0) is 36.8 Å². The minimum Gasteiger partial charge on any atom is -0.348 e. The Bertz CT molecular complexity index is 1060. The van der Waals surface area contributed by atoms with E-state index in [0.29, 0.717) is 17.8 Å². The number of anilines is 1. The third-order valence-corrected chi connectivity index (χ3v) is 4.30. The van der Waals surface area contributed by atoms with Crippen molar-refractivity contribution in [2.24, 2.45) is 0 Å². The first kappa shape index (κ1) is 19.8. The molecule has 0 atom stereocenters. The fraction of sp³-hybridized carbons (Fsp3) is 0.0909. The van der Waals surface area contributed by atoms with E-state index in [1.165, 1.54) is 24.3 Å². The maximum Gasteiger partial charge on any atom is 0.269 e. The molecule has 0 unspecified atom stereocenters. The minimum atomic E-state index is -0.532. The molecule has 146 valence electrons. The predicted octanol–water partition coefficient (Wildman–Crippen LogP) is 4.09. The van der Waals surface area contributed by atoms with Crippen molar-refractivity contribution in [2.75, 3.05) is 5.32 Å². The van der Waals surface area contributed by atoms with E-state index in [0.717, 1.165) is 11.1 Å². The number of nitro groups is 1. The zero-order valence-corrected chi connectivity index (χ0v) is 15.7. The molecule has 7 nitrogen and oxygen atoms in total. The van der Waals surface area contributed by atoms with E-state index in [1.807, 2.05) is 31.2 Å². The number of amides is 2. The molecule has 7 heteroatoms. The van der Waals surface area contributed by atoms with Crippen LogP contribution in [0.25, 0.3) is 0 Å². The molecule has 0 aliphatic rings. The summed E-state index contributed by atoms with van der Waals surface area (Å²) in [6, 6.07) is 19.8. The molecule has 0 fully saturated rings. The standard InChI is InChI=1S/C22H19N3O4/c1-15-5-4-6-16(13-15)14-23-22(27)19-7-2-3-8-20(19)24-21(26)17-9-11-18(12-10-17)25(28)29/h2-13H,14H2,1H3,(H,23,27)(H,24,26). The van der Waals surface area contributed by atoms with Crippen LogP contribution in [-0.2, 0) is 6.54 Å². The van der Waals surface area contributed by atoms with Crippen molar-refractivity contribution < 1.29 is 14.5 Å². The molecule has 3 rings (SSSR count). The van der Waals surface area contributed by atoms with Crippen LogP contribution in [0.15, 0.2) is 72.8 Å². The number of hydrogen-bond donors (Lipinski definition) is 2. The van der Waals surface area contributed by atoms with Crippen molar-refractivity contribution in [3.63, 3.8) is 0 Å². The maximum absolute atomic E-state index is 12.6. The van der Waals surface area contributed by atoms with Gasteiger partial charge in [0.1, 0.15) is 0 Å². The number of carbonyl (C=O) groups is 2. The number of nitrogens with zero attached hydrogens (tertiary/aromatic N) is 1. The number of nitrogens with one attached hydrogen (secondary N) is 2. The molecule has 0 saturated heterocycles. The summed E-state index contributed by atoms with van der Waals surface area (Å²) < 4.78 is 0. The topological polar surface area (TPSA) is 101 Å². The van der Waals surface area contributed by atoms with E-state index < -0.39 is 10.8 Å². The van der Waals surface area contributed by atoms with E-state index in [9.17, 15) is 19.7 Å². The Morgan fingerprint density at radius 1 is 0.931 bits per heavy atom. The van der Waals surface area contributed by atoms with Crippen LogP contribution in [0.1, 0.15) is 31.8 Å². The average Bonchev–Trinajstić information content (AvgIpc) is 2.72. The van der Waals surface area contributed by atoms with Gasteiger partial charge in [-0.25, -0.2) is 0 Å². The van der Waals surface area contributed by atoms with E-state index >= 15 is 0 Å². The van der Waals surface area contributed by atoms with Crippen molar-refractivity contribution in [3.8, 4) is 0 Å². The molecule has 0 aliphatic heterocycles. The Hall–Kier alpha value is -4.00. The monoisotopic (exact) mass is 389 g/mol. The third kappa shape index (κ3) is 5.04. The summed E-state index contributed by atoms with van der Waals surface area (Å²) in [5.41, 5.74) is 2.93. The summed E-state index contributed by atoms with van der Waals surface area (Å²) >= 11 is 0. The number of non-ortho nitro benzene ring substituents is 1. The minimum absolute atomic E-state index is 0.0996. The van der Waals surface area contributed by atoms with Gasteiger partial charge in [0.25, 0.3) is 17.5 Å². The zero-order chi connectivity index (χ0) is 20.8. The SMILES string of the molecule is Cc1cccc(CNC(=O)c2ccccc2NC(=O)c2ccc([N+](=O)[O-])cc2)c1. The summed E-state index contributed by atoms with van der Waals surface area (Å²) in [6.07, 6.45) is 0. The number of nitro benzene ring substituents is 1. The quantitative estimate of drug-likeness (QED) is 0.490. The summed E-state index contributed by atoms with van der Waals surface area (Å²) in [7, 11) is 0. The Balaban J connectivity index is 1.71. The number of benzene rings is 3. The molecule has 0 bridgehead atoms. The first-order valence-corrected chi connectivity index (χ1v) is 8.92. The predicted molar refractivity (Wildman–Crippen MR) is 110 cm³/mol. The maximum atomic E-state index is 12.6. The molecule has 29 heavy (non-hydrogen) atoms. The first-order chi connectivity index (χ1) is 13.9. The van der Waals surface area contributed by atoms with Crippen molar-refractivity contribution in [1.82, 2.24) is 5.32 Å². The molecule has 0 aromatic heterocycles. The van der Waals surface area contributed by atoms with Gasteiger partial charge in [-0.3, -0.25) is 19.7 Å². The molecule has 0 aliphatic carbocycles. The molecular weight excluding hydrogens is 370 g/mol. The molecular formula is C22H19N3O4. The van der Waals surface area contributed by atoms with E-state index in [1.54, 1.807) is 24.3 Å². The lowest BCUT2D eigenvalue weighted by Gasteiger charge is -2.12. The van der Waals surface area contributed by atoms with Crippen LogP contribution in [0, 0.1) is 17.0 Å². The van der Waals surface area contributed by atoms with Gasteiger partial charge in [-0.2, -0.15) is 0 Å². The fourth-order valence-corrected chi connectivity index (χ4v) is 2.82. The molecule has 3 aromatic carbocycles. The normalized spacial score (nSPS) is 10.2. The highest BCUT2D eigenvalue weighted by molar-refractivity contribution is 6.09. The van der Waals surface area contributed by atoms with Gasteiger partial charge < -0.3 is 10.6 Å². The van der Waals surface area contributed by atoms with Crippen molar-refractivity contribution in [2.45, 2.75) is 13.5 Å². The number of aryl methyl sites for hydroxylation is 1. The number of rotatable bonds is 6. The Labute approximate surface area is 167 Å². The van der Waals surface area contributed by atoms with Crippen LogP contribution in [0.2, 0.25) is 0 Å². The van der Waals surface area contributed by atoms with Gasteiger partial charge in [-0.15, -0.1) is 0 Å². The Kier molecular flexibility index (Phi) is 5.99. The second-order valence-electron chi connectivity index (χ2n) is 6.48. The molecule has 3 aromatic rings. The summed E-state index contributed by atoms with van der Waals surface area (Å²) in [6.45, 7) is 2.35. The number of carbonyl (C=O) groups excluding carboxylic acids is 2. The Morgan fingerprint density at radius 2 is 1.66 bits per heavy atom. The molecule has 0 heterocycles. The lowest BCUT2D eigenvalue weighted by Crippen LogP contribution is -2.25. The van der Waals surface area contributed by atoms with Crippen LogP contribution in [0.4, 0.5) is 11.4 Å². The van der Waals surface area contributed by atoms with E-state index in [-0.39, 0.29) is 17.2 Å². The van der Waals surface area contributed by atoms with Gasteiger partial charge in [-0.1, -0.05) is 42.0 Å². The summed E-state index contributed by atoms with van der Waals surface area (Å²) in [4.78, 5) is 35.3. The number of hydrogen-bond acceptors (Lipinski definition) is 4. The largest absolute Gasteiger partial charge is 0.348 e. The molecule has 0 radical (unpaired) electrons. The summed E-state index contributed by atoms with van der Waals surface area (Å²) in [5, 5.41) is 16.3. The van der Waals surface area contributed by atoms with Crippen LogP contribution in [0.5, 0.6) is 0 Å². The highest BCUT2D eigenvalue weighted by atomic mass is 16.6. The first-order valence-electron chi connectivity index (χ1n) is 8.92. The third-order valence-electron chi connectivity index (χ3n) is 4.30. The van der Waals surface area contributed by atoms with Gasteiger partial charge in [0.05, 0.1) is 16.2 Å². The van der Waals surface area contributed by atoms with Crippen LogP contribution in [0.3, 0.4) is 0 Å². The van der Waals surface area contributed by atoms with Crippen LogP contribution < -0.4 is 10.6 Å². The van der Waals surface area contributed by atoms with E-state index in [2.05, 4.69) is 10.6 Å². The van der Waals surface area contributed by atoms with Gasteiger partial charge in [0.15, 0.2) is 0 Å². The summed E-state index contributed by atoms with van der Waals surface area (Å²) in [5.74, 6) is -0.773. The van der Waals surface area contributed by atoms with Crippen LogP contribution in [-0.4, -0.2) is 16.7 Å². The zero-order valence-electron chi connectivity index (χ0n) is 15.7. The van der Waals surface area contributed by atoms with Gasteiger partial charge in [0.2, 0.25) is 0 Å².